The zero-order valence-corrected chi connectivity index (χ0v) is 19.2. The maximum absolute atomic E-state index is 13.5. The first-order valence-electron chi connectivity index (χ1n) is 10.9. The Balaban J connectivity index is 1.74. The van der Waals surface area contributed by atoms with Gasteiger partial charge in [-0.25, -0.2) is 4.90 Å². The third kappa shape index (κ3) is 4.68. The Morgan fingerprint density at radius 3 is 2.26 bits per heavy atom. The van der Waals surface area contributed by atoms with E-state index in [9.17, 15) is 14.4 Å². The van der Waals surface area contributed by atoms with Gasteiger partial charge in [0.15, 0.2) is 0 Å². The smallest absolute Gasteiger partial charge is 0.282 e. The molecule has 0 fully saturated rings. The predicted molar refractivity (Wildman–Crippen MR) is 133 cm³/mol. The number of nitrogens with zero attached hydrogens (tertiary/aromatic N) is 1. The molecule has 0 spiro atoms. The van der Waals surface area contributed by atoms with E-state index in [1.165, 1.54) is 6.92 Å². The zero-order valence-electron chi connectivity index (χ0n) is 19.2. The molecule has 2 N–H and O–H groups in total. The van der Waals surface area contributed by atoms with Crippen LogP contribution in [0.1, 0.15) is 25.0 Å². The average molecular weight is 456 g/mol. The van der Waals surface area contributed by atoms with E-state index in [1.807, 2.05) is 56.3 Å². The topological polar surface area (TPSA) is 87.7 Å². The van der Waals surface area contributed by atoms with Gasteiger partial charge in [0.1, 0.15) is 11.4 Å². The van der Waals surface area contributed by atoms with Gasteiger partial charge in [0.25, 0.3) is 11.8 Å². The SMILES string of the molecule is CCOc1cccc(NC2=C(c3ccc(C)cc3)C(=O)N(c3ccc(NC(C)=O)cc3)C2=O)c1. The molecule has 0 bridgehead atoms. The van der Waals surface area contributed by atoms with Gasteiger partial charge in [-0.2, -0.15) is 0 Å². The summed E-state index contributed by atoms with van der Waals surface area (Å²) in [7, 11) is 0. The molecular formula is C27H25N3O4. The van der Waals surface area contributed by atoms with E-state index in [0.29, 0.717) is 35.0 Å². The van der Waals surface area contributed by atoms with Crippen molar-refractivity contribution in [3.63, 3.8) is 0 Å². The number of aryl methyl sites for hydroxylation is 1. The number of carbonyl (C=O) groups is 3. The molecule has 0 saturated heterocycles. The molecule has 3 aromatic carbocycles. The summed E-state index contributed by atoms with van der Waals surface area (Å²) in [5, 5.41) is 5.83. The normalized spacial score (nSPS) is 13.3. The summed E-state index contributed by atoms with van der Waals surface area (Å²) >= 11 is 0. The maximum atomic E-state index is 13.5. The van der Waals surface area contributed by atoms with Crippen LogP contribution in [-0.2, 0) is 14.4 Å². The summed E-state index contributed by atoms with van der Waals surface area (Å²) in [6.45, 7) is 5.78. The lowest BCUT2D eigenvalue weighted by atomic mass is 10.0. The summed E-state index contributed by atoms with van der Waals surface area (Å²) in [5.74, 6) is -0.434. The van der Waals surface area contributed by atoms with Gasteiger partial charge in [0.2, 0.25) is 5.91 Å². The first-order chi connectivity index (χ1) is 16.4. The Morgan fingerprint density at radius 2 is 1.62 bits per heavy atom. The lowest BCUT2D eigenvalue weighted by Crippen LogP contribution is -2.32. The van der Waals surface area contributed by atoms with Crippen LogP contribution in [0, 0.1) is 6.92 Å². The molecule has 7 heteroatoms. The molecule has 1 aliphatic rings. The van der Waals surface area contributed by atoms with Crippen LogP contribution in [0.3, 0.4) is 0 Å². The van der Waals surface area contributed by atoms with Crippen LogP contribution in [-0.4, -0.2) is 24.3 Å². The Bertz CT molecular complexity index is 1280. The highest BCUT2D eigenvalue weighted by atomic mass is 16.5. The van der Waals surface area contributed by atoms with E-state index in [-0.39, 0.29) is 17.2 Å². The third-order valence-corrected chi connectivity index (χ3v) is 5.28. The number of hydrogen-bond donors (Lipinski definition) is 2. The second-order valence-electron chi connectivity index (χ2n) is 7.88. The fourth-order valence-electron chi connectivity index (χ4n) is 3.74. The van der Waals surface area contributed by atoms with Crippen molar-refractivity contribution in [3.05, 3.63) is 89.6 Å². The van der Waals surface area contributed by atoms with Crippen molar-refractivity contribution in [3.8, 4) is 5.75 Å². The Labute approximate surface area is 198 Å². The fourth-order valence-corrected chi connectivity index (χ4v) is 3.74. The number of hydrogen-bond acceptors (Lipinski definition) is 5. The molecule has 0 aliphatic carbocycles. The van der Waals surface area contributed by atoms with Gasteiger partial charge in [0, 0.05) is 24.4 Å². The second kappa shape index (κ2) is 9.62. The van der Waals surface area contributed by atoms with E-state index in [4.69, 9.17) is 4.74 Å². The van der Waals surface area contributed by atoms with E-state index in [1.54, 1.807) is 30.3 Å². The molecule has 0 saturated carbocycles. The summed E-state index contributed by atoms with van der Waals surface area (Å²) in [6.07, 6.45) is 0. The molecule has 0 unspecified atom stereocenters. The van der Waals surface area contributed by atoms with Gasteiger partial charge < -0.3 is 15.4 Å². The van der Waals surface area contributed by atoms with Gasteiger partial charge in [-0.1, -0.05) is 35.9 Å². The maximum Gasteiger partial charge on any atom is 0.282 e. The average Bonchev–Trinajstić information content (AvgIpc) is 3.04. The standard InChI is InChI=1S/C27H25N3O4/c1-4-34-23-7-5-6-21(16-23)29-25-24(19-10-8-17(2)9-11-19)26(32)30(27(25)33)22-14-12-20(13-15-22)28-18(3)31/h5-16,29H,4H2,1-3H3,(H,28,31). The van der Waals surface area contributed by atoms with Gasteiger partial charge in [0.05, 0.1) is 17.9 Å². The van der Waals surface area contributed by atoms with Crippen LogP contribution in [0.4, 0.5) is 17.1 Å². The monoisotopic (exact) mass is 455 g/mol. The van der Waals surface area contributed by atoms with Crippen molar-refractivity contribution in [1.82, 2.24) is 0 Å². The Hall–Kier alpha value is -4.39. The lowest BCUT2D eigenvalue weighted by molar-refractivity contribution is -0.120. The minimum Gasteiger partial charge on any atom is -0.494 e. The van der Waals surface area contributed by atoms with E-state index in [2.05, 4.69) is 10.6 Å². The number of ether oxygens (including phenoxy) is 1. The minimum atomic E-state index is -0.463. The fraction of sp³-hybridized carbons (Fsp3) is 0.148. The van der Waals surface area contributed by atoms with Gasteiger partial charge in [-0.05, 0) is 55.8 Å². The second-order valence-corrected chi connectivity index (χ2v) is 7.88. The summed E-state index contributed by atoms with van der Waals surface area (Å²) in [4.78, 5) is 39.5. The van der Waals surface area contributed by atoms with Gasteiger partial charge in [-0.15, -0.1) is 0 Å². The first-order valence-corrected chi connectivity index (χ1v) is 10.9. The number of benzene rings is 3. The van der Waals surface area contributed by atoms with Crippen molar-refractivity contribution in [2.45, 2.75) is 20.8 Å². The summed E-state index contributed by atoms with van der Waals surface area (Å²) in [5.41, 5.74) is 3.79. The van der Waals surface area contributed by atoms with Crippen molar-refractivity contribution < 1.29 is 19.1 Å². The molecule has 0 aromatic heterocycles. The van der Waals surface area contributed by atoms with Crippen molar-refractivity contribution >= 4 is 40.4 Å². The highest BCUT2D eigenvalue weighted by Crippen LogP contribution is 2.34. The van der Waals surface area contributed by atoms with Crippen LogP contribution in [0.25, 0.3) is 5.57 Å². The van der Waals surface area contributed by atoms with Gasteiger partial charge in [-0.3, -0.25) is 14.4 Å². The van der Waals surface area contributed by atoms with Gasteiger partial charge >= 0.3 is 0 Å². The highest BCUT2D eigenvalue weighted by Gasteiger charge is 2.40. The van der Waals surface area contributed by atoms with Crippen LogP contribution >= 0.6 is 0 Å². The molecule has 0 atom stereocenters. The zero-order chi connectivity index (χ0) is 24.2. The van der Waals surface area contributed by atoms with Crippen LogP contribution in [0.15, 0.2) is 78.5 Å². The predicted octanol–water partition coefficient (Wildman–Crippen LogP) is 4.75. The minimum absolute atomic E-state index is 0.188. The van der Waals surface area contributed by atoms with E-state index >= 15 is 0 Å². The number of amides is 3. The molecule has 4 rings (SSSR count). The molecule has 7 nitrogen and oxygen atoms in total. The molecule has 3 aromatic rings. The Morgan fingerprint density at radius 1 is 0.912 bits per heavy atom. The third-order valence-electron chi connectivity index (χ3n) is 5.28. The summed E-state index contributed by atoms with van der Waals surface area (Å²) < 4.78 is 5.56. The Kier molecular flexibility index (Phi) is 6.45. The number of rotatable bonds is 7. The lowest BCUT2D eigenvalue weighted by Gasteiger charge is -2.16. The number of imide groups is 1. The summed E-state index contributed by atoms with van der Waals surface area (Å²) in [6, 6.07) is 21.3. The molecule has 34 heavy (non-hydrogen) atoms. The van der Waals surface area contributed by atoms with Crippen molar-refractivity contribution in [1.29, 1.82) is 0 Å². The van der Waals surface area contributed by atoms with Crippen molar-refractivity contribution in [2.24, 2.45) is 0 Å². The largest absolute Gasteiger partial charge is 0.494 e. The molecule has 172 valence electrons. The molecular weight excluding hydrogens is 430 g/mol. The highest BCUT2D eigenvalue weighted by molar-refractivity contribution is 6.46. The van der Waals surface area contributed by atoms with E-state index in [0.717, 1.165) is 10.5 Å². The van der Waals surface area contributed by atoms with Crippen LogP contribution in [0.2, 0.25) is 0 Å². The van der Waals surface area contributed by atoms with E-state index < -0.39 is 11.8 Å². The van der Waals surface area contributed by atoms with Crippen LogP contribution in [0.5, 0.6) is 5.75 Å². The first kappa shape index (κ1) is 22.8. The molecule has 3 amide bonds. The van der Waals surface area contributed by atoms with Crippen molar-refractivity contribution in [2.75, 3.05) is 22.1 Å². The van der Waals surface area contributed by atoms with Crippen LogP contribution < -0.4 is 20.3 Å². The molecule has 1 heterocycles. The molecule has 0 radical (unpaired) electrons. The molecule has 1 aliphatic heterocycles. The number of anilines is 3. The number of nitrogens with one attached hydrogen (secondary N) is 2. The number of carbonyl (C=O) groups excluding carboxylic acids is 3. The quantitative estimate of drug-likeness (QED) is 0.502.